The van der Waals surface area contributed by atoms with Gasteiger partial charge in [0.1, 0.15) is 10.8 Å². The third kappa shape index (κ3) is 2.81. The van der Waals surface area contributed by atoms with Crippen LogP contribution in [0.25, 0.3) is 20.8 Å². The fourth-order valence-electron chi connectivity index (χ4n) is 2.50. The van der Waals surface area contributed by atoms with Gasteiger partial charge in [0.05, 0.1) is 28.6 Å². The average Bonchev–Trinajstić information content (AvgIpc) is 3.06. The van der Waals surface area contributed by atoms with Gasteiger partial charge >= 0.3 is 0 Å². The number of rotatable bonds is 4. The third-order valence-corrected chi connectivity index (χ3v) is 4.77. The Morgan fingerprint density at radius 3 is 2.75 bits per heavy atom. The highest BCUT2D eigenvalue weighted by molar-refractivity contribution is 7.21. The fraction of sp³-hybridized carbons (Fsp3) is 0.0526. The second kappa shape index (κ2) is 6.29. The van der Waals surface area contributed by atoms with E-state index in [-0.39, 0.29) is 0 Å². The van der Waals surface area contributed by atoms with Crippen molar-refractivity contribution in [3.05, 3.63) is 67.0 Å². The van der Waals surface area contributed by atoms with Crippen LogP contribution in [-0.4, -0.2) is 17.1 Å². The lowest BCUT2D eigenvalue weighted by atomic mass is 10.2. The predicted octanol–water partition coefficient (Wildman–Crippen LogP) is 5.11. The molecule has 4 nitrogen and oxygen atoms in total. The molecule has 0 fully saturated rings. The Kier molecular flexibility index (Phi) is 3.84. The number of hydrogen-bond acceptors (Lipinski definition) is 5. The number of pyridine rings is 1. The maximum atomic E-state index is 5.28. The number of para-hydroxylation sites is 1. The van der Waals surface area contributed by atoms with Crippen molar-refractivity contribution in [2.45, 2.75) is 0 Å². The van der Waals surface area contributed by atoms with Gasteiger partial charge in [0.15, 0.2) is 0 Å². The van der Waals surface area contributed by atoms with E-state index in [9.17, 15) is 0 Å². The number of fused-ring (bicyclic) bond motifs is 1. The molecule has 4 rings (SSSR count). The van der Waals surface area contributed by atoms with Crippen molar-refractivity contribution in [1.82, 2.24) is 9.97 Å². The molecule has 0 aliphatic carbocycles. The van der Waals surface area contributed by atoms with E-state index in [2.05, 4.69) is 10.3 Å². The van der Waals surface area contributed by atoms with Gasteiger partial charge in [0.25, 0.3) is 0 Å². The molecule has 5 heteroatoms. The van der Waals surface area contributed by atoms with Gasteiger partial charge < -0.3 is 10.1 Å². The summed E-state index contributed by atoms with van der Waals surface area (Å²) in [5.41, 5.74) is 3.94. The summed E-state index contributed by atoms with van der Waals surface area (Å²) >= 11 is 1.65. The van der Waals surface area contributed by atoms with Crippen molar-refractivity contribution >= 4 is 32.9 Å². The number of methoxy groups -OCH3 is 1. The monoisotopic (exact) mass is 333 g/mol. The number of benzene rings is 2. The van der Waals surface area contributed by atoms with Crippen LogP contribution in [-0.2, 0) is 0 Å². The van der Waals surface area contributed by atoms with Crippen LogP contribution in [0.15, 0.2) is 67.0 Å². The number of hydrogen-bond donors (Lipinski definition) is 1. The molecular formula is C19H15N3OS. The SMILES string of the molecule is COc1ccc2sc(-c3cnccc3Nc3ccccc3)nc2c1. The molecule has 2 heterocycles. The lowest BCUT2D eigenvalue weighted by Gasteiger charge is -2.09. The molecule has 1 N–H and O–H groups in total. The molecule has 0 saturated heterocycles. The van der Waals surface area contributed by atoms with E-state index in [0.717, 1.165) is 37.9 Å². The topological polar surface area (TPSA) is 47.0 Å². The summed E-state index contributed by atoms with van der Waals surface area (Å²) in [5, 5.41) is 4.37. The molecule has 0 radical (unpaired) electrons. The molecule has 0 amide bonds. The van der Waals surface area contributed by atoms with Gasteiger partial charge in [0.2, 0.25) is 0 Å². The Morgan fingerprint density at radius 1 is 1.04 bits per heavy atom. The maximum Gasteiger partial charge on any atom is 0.128 e. The second-order valence-corrected chi connectivity index (χ2v) is 6.30. The zero-order chi connectivity index (χ0) is 16.4. The molecule has 0 aliphatic rings. The number of nitrogens with one attached hydrogen (secondary N) is 1. The summed E-state index contributed by atoms with van der Waals surface area (Å²) < 4.78 is 6.41. The minimum Gasteiger partial charge on any atom is -0.497 e. The Labute approximate surface area is 143 Å². The molecule has 0 spiro atoms. The number of thiazole rings is 1. The molecule has 0 aliphatic heterocycles. The van der Waals surface area contributed by atoms with Crippen molar-refractivity contribution < 1.29 is 4.74 Å². The third-order valence-electron chi connectivity index (χ3n) is 3.70. The fourth-order valence-corrected chi connectivity index (χ4v) is 3.47. The van der Waals surface area contributed by atoms with Crippen molar-refractivity contribution in [1.29, 1.82) is 0 Å². The van der Waals surface area contributed by atoms with Crippen LogP contribution < -0.4 is 10.1 Å². The predicted molar refractivity (Wildman–Crippen MR) is 99.1 cm³/mol. The van der Waals surface area contributed by atoms with Gasteiger partial charge in [-0.3, -0.25) is 4.98 Å². The number of ether oxygens (including phenoxy) is 1. The largest absolute Gasteiger partial charge is 0.497 e. The van der Waals surface area contributed by atoms with Crippen LogP contribution >= 0.6 is 11.3 Å². The Balaban J connectivity index is 1.76. The summed E-state index contributed by atoms with van der Waals surface area (Å²) in [5.74, 6) is 0.813. The molecule has 2 aromatic carbocycles. The van der Waals surface area contributed by atoms with Gasteiger partial charge in [-0.05, 0) is 30.3 Å². The van der Waals surface area contributed by atoms with Crippen LogP contribution in [0.1, 0.15) is 0 Å². The molecule has 118 valence electrons. The first-order valence-electron chi connectivity index (χ1n) is 7.54. The standard InChI is InChI=1S/C19H15N3OS/c1-23-14-7-8-18-17(11-14)22-19(24-18)15-12-20-10-9-16(15)21-13-5-3-2-4-6-13/h2-12H,1H3,(H,20,21). The first-order chi connectivity index (χ1) is 11.8. The normalized spacial score (nSPS) is 10.7. The van der Waals surface area contributed by atoms with Crippen LogP contribution in [0.3, 0.4) is 0 Å². The molecule has 0 atom stereocenters. The molecular weight excluding hydrogens is 318 g/mol. The highest BCUT2D eigenvalue weighted by Crippen LogP contribution is 2.36. The van der Waals surface area contributed by atoms with E-state index in [1.807, 2.05) is 60.8 Å². The summed E-state index contributed by atoms with van der Waals surface area (Å²) in [6.07, 6.45) is 3.63. The van der Waals surface area contributed by atoms with E-state index < -0.39 is 0 Å². The highest BCUT2D eigenvalue weighted by Gasteiger charge is 2.11. The van der Waals surface area contributed by atoms with Gasteiger partial charge in [-0.2, -0.15) is 0 Å². The van der Waals surface area contributed by atoms with Gasteiger partial charge in [-0.1, -0.05) is 18.2 Å². The van der Waals surface area contributed by atoms with Crippen molar-refractivity contribution in [3.8, 4) is 16.3 Å². The number of anilines is 2. The molecule has 0 bridgehead atoms. The highest BCUT2D eigenvalue weighted by atomic mass is 32.1. The molecule has 0 saturated carbocycles. The van der Waals surface area contributed by atoms with Gasteiger partial charge in [0, 0.05) is 24.1 Å². The smallest absolute Gasteiger partial charge is 0.128 e. The Bertz CT molecular complexity index is 982. The lowest BCUT2D eigenvalue weighted by Crippen LogP contribution is -1.93. The van der Waals surface area contributed by atoms with Crippen LogP contribution in [0.2, 0.25) is 0 Å². The van der Waals surface area contributed by atoms with Crippen molar-refractivity contribution in [3.63, 3.8) is 0 Å². The van der Waals surface area contributed by atoms with E-state index >= 15 is 0 Å². The van der Waals surface area contributed by atoms with E-state index in [0.29, 0.717) is 0 Å². The zero-order valence-electron chi connectivity index (χ0n) is 13.1. The first-order valence-corrected chi connectivity index (χ1v) is 8.36. The second-order valence-electron chi connectivity index (χ2n) is 5.26. The van der Waals surface area contributed by atoms with Gasteiger partial charge in [-0.15, -0.1) is 11.3 Å². The molecule has 2 aromatic heterocycles. The lowest BCUT2D eigenvalue weighted by molar-refractivity contribution is 0.415. The number of nitrogens with zero attached hydrogens (tertiary/aromatic N) is 2. The summed E-state index contributed by atoms with van der Waals surface area (Å²) in [6, 6.07) is 18.0. The summed E-state index contributed by atoms with van der Waals surface area (Å²) in [6.45, 7) is 0. The van der Waals surface area contributed by atoms with Crippen LogP contribution in [0.4, 0.5) is 11.4 Å². The van der Waals surface area contributed by atoms with Crippen molar-refractivity contribution in [2.75, 3.05) is 12.4 Å². The van der Waals surface area contributed by atoms with Crippen molar-refractivity contribution in [2.24, 2.45) is 0 Å². The van der Waals surface area contributed by atoms with Crippen LogP contribution in [0, 0.1) is 0 Å². The summed E-state index contributed by atoms with van der Waals surface area (Å²) in [4.78, 5) is 9.02. The van der Waals surface area contributed by atoms with E-state index in [1.54, 1.807) is 24.6 Å². The minimum atomic E-state index is 0.813. The summed E-state index contributed by atoms with van der Waals surface area (Å²) in [7, 11) is 1.66. The first kappa shape index (κ1) is 14.7. The van der Waals surface area contributed by atoms with Gasteiger partial charge in [-0.25, -0.2) is 4.98 Å². The Hall–Kier alpha value is -2.92. The molecule has 4 aromatic rings. The van der Waals surface area contributed by atoms with E-state index in [1.165, 1.54) is 0 Å². The van der Waals surface area contributed by atoms with Crippen LogP contribution in [0.5, 0.6) is 5.75 Å². The zero-order valence-corrected chi connectivity index (χ0v) is 13.9. The number of aromatic nitrogens is 2. The molecule has 0 unspecified atom stereocenters. The quantitative estimate of drug-likeness (QED) is 0.564. The Morgan fingerprint density at radius 2 is 1.92 bits per heavy atom. The molecule has 24 heavy (non-hydrogen) atoms. The maximum absolute atomic E-state index is 5.28. The minimum absolute atomic E-state index is 0.813. The average molecular weight is 333 g/mol. The van der Waals surface area contributed by atoms with E-state index in [4.69, 9.17) is 9.72 Å².